The molecule has 5 heteroatoms. The minimum Gasteiger partial charge on any atom is -0.383 e. The van der Waals surface area contributed by atoms with Crippen LogP contribution in [0.5, 0.6) is 0 Å². The maximum atomic E-state index is 6.03. The summed E-state index contributed by atoms with van der Waals surface area (Å²) in [5.74, 6) is 1.46. The monoisotopic (exact) mass is 271 g/mol. The Morgan fingerprint density at radius 3 is 2.78 bits per heavy atom. The fourth-order valence-electron chi connectivity index (χ4n) is 1.74. The van der Waals surface area contributed by atoms with E-state index in [0.717, 1.165) is 24.5 Å². The number of hydrogen-bond acceptors (Lipinski definition) is 4. The van der Waals surface area contributed by atoms with E-state index in [4.69, 9.17) is 22.1 Å². The molecule has 0 unspecified atom stereocenters. The summed E-state index contributed by atoms with van der Waals surface area (Å²) in [7, 11) is 1.70. The molecule has 0 amide bonds. The zero-order valence-electron chi connectivity index (χ0n) is 11.3. The maximum absolute atomic E-state index is 6.03. The molecule has 0 fully saturated rings. The predicted octanol–water partition coefficient (Wildman–Crippen LogP) is 2.30. The molecule has 1 heterocycles. The summed E-state index contributed by atoms with van der Waals surface area (Å²) in [6.07, 6.45) is 1.67. The second-order valence-corrected chi connectivity index (χ2v) is 5.08. The first kappa shape index (κ1) is 15.2. The van der Waals surface area contributed by atoms with Crippen molar-refractivity contribution in [1.82, 2.24) is 4.98 Å². The third-order valence-corrected chi connectivity index (χ3v) is 2.96. The second-order valence-electron chi connectivity index (χ2n) is 4.67. The predicted molar refractivity (Wildman–Crippen MR) is 76.1 cm³/mol. The van der Waals surface area contributed by atoms with Gasteiger partial charge in [0, 0.05) is 32.9 Å². The van der Waals surface area contributed by atoms with Gasteiger partial charge >= 0.3 is 0 Å². The molecule has 0 aromatic carbocycles. The number of ether oxygens (including phenoxy) is 1. The molecule has 1 aromatic rings. The zero-order chi connectivity index (χ0) is 13.5. The Balaban J connectivity index is 2.89. The number of anilines is 1. The third kappa shape index (κ3) is 4.44. The van der Waals surface area contributed by atoms with Crippen molar-refractivity contribution in [3.8, 4) is 0 Å². The van der Waals surface area contributed by atoms with Crippen LogP contribution in [0, 0.1) is 5.92 Å². The highest BCUT2D eigenvalue weighted by Crippen LogP contribution is 2.20. The van der Waals surface area contributed by atoms with E-state index < -0.39 is 0 Å². The number of aromatic nitrogens is 1. The van der Waals surface area contributed by atoms with Crippen LogP contribution in [-0.4, -0.2) is 31.8 Å². The Bertz CT molecular complexity index is 371. The van der Waals surface area contributed by atoms with Crippen molar-refractivity contribution in [3.63, 3.8) is 0 Å². The highest BCUT2D eigenvalue weighted by Gasteiger charge is 2.11. The van der Waals surface area contributed by atoms with Crippen molar-refractivity contribution in [2.45, 2.75) is 20.4 Å². The van der Waals surface area contributed by atoms with Crippen LogP contribution in [0.2, 0.25) is 5.02 Å². The lowest BCUT2D eigenvalue weighted by Gasteiger charge is -2.25. The van der Waals surface area contributed by atoms with E-state index in [9.17, 15) is 0 Å². The summed E-state index contributed by atoms with van der Waals surface area (Å²) in [4.78, 5) is 6.57. The molecular formula is C13H22ClN3O. The van der Waals surface area contributed by atoms with Gasteiger partial charge in [0.2, 0.25) is 0 Å². The maximum Gasteiger partial charge on any atom is 0.128 e. The fraction of sp³-hybridized carbons (Fsp3) is 0.615. The number of rotatable bonds is 7. The normalized spacial score (nSPS) is 11.0. The summed E-state index contributed by atoms with van der Waals surface area (Å²) in [5.41, 5.74) is 6.59. The van der Waals surface area contributed by atoms with Crippen LogP contribution in [0.15, 0.2) is 12.3 Å². The third-order valence-electron chi connectivity index (χ3n) is 2.62. The van der Waals surface area contributed by atoms with E-state index in [2.05, 4.69) is 23.7 Å². The molecule has 0 aliphatic rings. The quantitative estimate of drug-likeness (QED) is 0.827. The summed E-state index contributed by atoms with van der Waals surface area (Å²) in [5, 5.41) is 0.623. The summed E-state index contributed by atoms with van der Waals surface area (Å²) >= 11 is 6.03. The number of nitrogens with two attached hydrogens (primary N) is 1. The van der Waals surface area contributed by atoms with E-state index in [-0.39, 0.29) is 0 Å². The van der Waals surface area contributed by atoms with E-state index in [0.29, 0.717) is 24.1 Å². The van der Waals surface area contributed by atoms with Gasteiger partial charge in [-0.2, -0.15) is 0 Å². The van der Waals surface area contributed by atoms with E-state index >= 15 is 0 Å². The molecule has 0 saturated carbocycles. The Morgan fingerprint density at radius 1 is 1.50 bits per heavy atom. The average molecular weight is 272 g/mol. The average Bonchev–Trinajstić information content (AvgIpc) is 2.34. The van der Waals surface area contributed by atoms with Crippen LogP contribution in [0.1, 0.15) is 19.4 Å². The fourth-order valence-corrected chi connectivity index (χ4v) is 1.92. The smallest absolute Gasteiger partial charge is 0.128 e. The number of pyridine rings is 1. The lowest BCUT2D eigenvalue weighted by Crippen LogP contribution is -2.31. The molecular weight excluding hydrogens is 250 g/mol. The SMILES string of the molecule is COCCN(CC(C)C)c1cc(CN)c(Cl)cn1. The lowest BCUT2D eigenvalue weighted by atomic mass is 10.2. The summed E-state index contributed by atoms with van der Waals surface area (Å²) in [6.45, 7) is 7.21. The first-order chi connectivity index (χ1) is 8.58. The van der Waals surface area contributed by atoms with E-state index in [1.165, 1.54) is 0 Å². The van der Waals surface area contributed by atoms with Gasteiger partial charge in [-0.1, -0.05) is 25.4 Å². The minimum atomic E-state index is 0.425. The number of nitrogens with zero attached hydrogens (tertiary/aromatic N) is 2. The highest BCUT2D eigenvalue weighted by molar-refractivity contribution is 6.31. The van der Waals surface area contributed by atoms with Crippen LogP contribution in [0.25, 0.3) is 0 Å². The highest BCUT2D eigenvalue weighted by atomic mass is 35.5. The van der Waals surface area contributed by atoms with Gasteiger partial charge in [-0.3, -0.25) is 0 Å². The van der Waals surface area contributed by atoms with E-state index in [1.807, 2.05) is 6.07 Å². The molecule has 0 saturated heterocycles. The number of hydrogen-bond donors (Lipinski definition) is 1. The van der Waals surface area contributed by atoms with Crippen LogP contribution in [-0.2, 0) is 11.3 Å². The molecule has 1 aromatic heterocycles. The summed E-state index contributed by atoms with van der Waals surface area (Å²) in [6, 6.07) is 1.96. The molecule has 0 aliphatic heterocycles. The van der Waals surface area contributed by atoms with Crippen molar-refractivity contribution >= 4 is 17.4 Å². The zero-order valence-corrected chi connectivity index (χ0v) is 12.1. The van der Waals surface area contributed by atoms with Crippen LogP contribution in [0.3, 0.4) is 0 Å². The first-order valence-electron chi connectivity index (χ1n) is 6.16. The largest absolute Gasteiger partial charge is 0.383 e. The van der Waals surface area contributed by atoms with Crippen molar-refractivity contribution < 1.29 is 4.74 Å². The van der Waals surface area contributed by atoms with Crippen molar-refractivity contribution in [1.29, 1.82) is 0 Å². The van der Waals surface area contributed by atoms with Crippen LogP contribution >= 0.6 is 11.6 Å². The molecule has 0 bridgehead atoms. The standard InChI is InChI=1S/C13H22ClN3O/c1-10(2)9-17(4-5-18-3)13-6-11(7-15)12(14)8-16-13/h6,8,10H,4-5,7,9,15H2,1-3H3. The van der Waals surface area contributed by atoms with Crippen LogP contribution < -0.4 is 10.6 Å². The molecule has 0 spiro atoms. The molecule has 2 N–H and O–H groups in total. The van der Waals surface area contributed by atoms with Gasteiger partial charge in [-0.25, -0.2) is 4.98 Å². The Hall–Kier alpha value is -0.840. The molecule has 18 heavy (non-hydrogen) atoms. The topological polar surface area (TPSA) is 51.4 Å². The van der Waals surface area contributed by atoms with Crippen molar-refractivity contribution in [2.24, 2.45) is 11.7 Å². The van der Waals surface area contributed by atoms with Gasteiger partial charge in [0.25, 0.3) is 0 Å². The van der Waals surface area contributed by atoms with Gasteiger partial charge in [-0.15, -0.1) is 0 Å². The Labute approximate surface area is 114 Å². The lowest BCUT2D eigenvalue weighted by molar-refractivity contribution is 0.204. The molecule has 4 nitrogen and oxygen atoms in total. The summed E-state index contributed by atoms with van der Waals surface area (Å²) < 4.78 is 5.14. The Kier molecular flexibility index (Phi) is 6.39. The number of methoxy groups -OCH3 is 1. The molecule has 0 atom stereocenters. The first-order valence-corrected chi connectivity index (χ1v) is 6.54. The van der Waals surface area contributed by atoms with Gasteiger partial charge in [0.1, 0.15) is 5.82 Å². The Morgan fingerprint density at radius 2 is 2.22 bits per heavy atom. The van der Waals surface area contributed by atoms with Crippen LogP contribution in [0.4, 0.5) is 5.82 Å². The van der Waals surface area contributed by atoms with Crippen molar-refractivity contribution in [2.75, 3.05) is 31.7 Å². The van der Waals surface area contributed by atoms with E-state index in [1.54, 1.807) is 13.3 Å². The molecule has 102 valence electrons. The minimum absolute atomic E-state index is 0.425. The molecule has 1 rings (SSSR count). The van der Waals surface area contributed by atoms with Gasteiger partial charge in [0.15, 0.2) is 0 Å². The molecule has 0 radical (unpaired) electrons. The number of halogens is 1. The van der Waals surface area contributed by atoms with Gasteiger partial charge in [0.05, 0.1) is 11.6 Å². The van der Waals surface area contributed by atoms with Gasteiger partial charge in [-0.05, 0) is 17.5 Å². The molecule has 0 aliphatic carbocycles. The second kappa shape index (κ2) is 7.56. The van der Waals surface area contributed by atoms with Gasteiger partial charge < -0.3 is 15.4 Å². The van der Waals surface area contributed by atoms with Crippen molar-refractivity contribution in [3.05, 3.63) is 22.8 Å².